The van der Waals surface area contributed by atoms with Gasteiger partial charge in [0.2, 0.25) is 5.91 Å². The van der Waals surface area contributed by atoms with Gasteiger partial charge in [0, 0.05) is 11.1 Å². The molecule has 7 nitrogen and oxygen atoms in total. The summed E-state index contributed by atoms with van der Waals surface area (Å²) in [6.07, 6.45) is 1.53. The Kier molecular flexibility index (Phi) is 5.63. The fraction of sp³-hybridized carbons (Fsp3) is 0.286. The number of carbonyl (C=O) groups excluding carboxylic acids is 1. The second-order valence-electron chi connectivity index (χ2n) is 6.70. The molecule has 3 rings (SSSR count). The van der Waals surface area contributed by atoms with Crippen LogP contribution in [0.4, 0.5) is 5.69 Å². The van der Waals surface area contributed by atoms with Gasteiger partial charge in [-0.15, -0.1) is 0 Å². The van der Waals surface area contributed by atoms with Crippen LogP contribution in [0.1, 0.15) is 25.3 Å². The third-order valence-corrected chi connectivity index (χ3v) is 4.52. The molecule has 0 saturated heterocycles. The lowest BCUT2D eigenvalue weighted by Crippen LogP contribution is -2.29. The third kappa shape index (κ3) is 3.83. The summed E-state index contributed by atoms with van der Waals surface area (Å²) in [5, 5.41) is 7.83. The number of anilines is 1. The van der Waals surface area contributed by atoms with E-state index in [4.69, 9.17) is 9.47 Å². The maximum atomic E-state index is 12.9. The molecule has 1 N–H and O–H groups in total. The Morgan fingerprint density at radius 1 is 1.11 bits per heavy atom. The number of nitrogens with zero attached hydrogens (tertiary/aromatic N) is 2. The second-order valence-corrected chi connectivity index (χ2v) is 6.70. The maximum Gasteiger partial charge on any atom is 0.279 e. The zero-order valence-electron chi connectivity index (χ0n) is 16.4. The summed E-state index contributed by atoms with van der Waals surface area (Å²) in [7, 11) is 2.97. The zero-order valence-corrected chi connectivity index (χ0v) is 16.4. The van der Waals surface area contributed by atoms with Crippen LogP contribution in [0.5, 0.6) is 11.5 Å². The number of hydrogen-bond donors (Lipinski definition) is 1. The number of methoxy groups -OCH3 is 2. The van der Waals surface area contributed by atoms with Crippen LogP contribution < -0.4 is 20.3 Å². The Labute approximate surface area is 162 Å². The van der Waals surface area contributed by atoms with E-state index < -0.39 is 5.56 Å². The first-order valence-electron chi connectivity index (χ1n) is 8.95. The van der Waals surface area contributed by atoms with Crippen LogP contribution in [0.2, 0.25) is 0 Å². The van der Waals surface area contributed by atoms with Crippen molar-refractivity contribution in [2.75, 3.05) is 19.5 Å². The van der Waals surface area contributed by atoms with Gasteiger partial charge in [0.1, 0.15) is 6.54 Å². The number of carbonyl (C=O) groups is 1. The molecule has 0 aliphatic carbocycles. The molecule has 1 amide bonds. The Morgan fingerprint density at radius 3 is 2.43 bits per heavy atom. The van der Waals surface area contributed by atoms with Gasteiger partial charge in [0.05, 0.1) is 25.8 Å². The summed E-state index contributed by atoms with van der Waals surface area (Å²) >= 11 is 0. The van der Waals surface area contributed by atoms with E-state index >= 15 is 0 Å². The molecule has 0 radical (unpaired) electrons. The van der Waals surface area contributed by atoms with Crippen LogP contribution in [0, 0.1) is 0 Å². The molecule has 0 aliphatic heterocycles. The fourth-order valence-electron chi connectivity index (χ4n) is 2.98. The molecule has 1 heterocycles. The SMILES string of the molecule is COc1ccc2cnn(CC(=O)Nc3ccc(C(C)C)cc3)c(=O)c2c1OC. The first kappa shape index (κ1) is 19.4. The molecular weight excluding hydrogens is 358 g/mol. The van der Waals surface area contributed by atoms with E-state index in [1.807, 2.05) is 24.3 Å². The Bertz CT molecular complexity index is 1060. The highest BCUT2D eigenvalue weighted by molar-refractivity contribution is 5.92. The summed E-state index contributed by atoms with van der Waals surface area (Å²) in [5.74, 6) is 0.843. The van der Waals surface area contributed by atoms with Gasteiger partial charge in [0.25, 0.3) is 5.56 Å². The molecule has 0 spiro atoms. The predicted octanol–water partition coefficient (Wildman–Crippen LogP) is 3.18. The lowest BCUT2D eigenvalue weighted by Gasteiger charge is -2.12. The van der Waals surface area contributed by atoms with Crippen molar-refractivity contribution in [2.24, 2.45) is 0 Å². The Balaban J connectivity index is 1.86. The van der Waals surface area contributed by atoms with Crippen LogP contribution in [0.15, 0.2) is 47.4 Å². The smallest absolute Gasteiger partial charge is 0.279 e. The lowest BCUT2D eigenvalue weighted by molar-refractivity contribution is -0.117. The summed E-state index contributed by atoms with van der Waals surface area (Å²) in [6, 6.07) is 11.1. The zero-order chi connectivity index (χ0) is 20.3. The first-order valence-corrected chi connectivity index (χ1v) is 8.95. The van der Waals surface area contributed by atoms with Gasteiger partial charge in [-0.05, 0) is 35.7 Å². The van der Waals surface area contributed by atoms with Gasteiger partial charge in [-0.25, -0.2) is 4.68 Å². The fourth-order valence-corrected chi connectivity index (χ4v) is 2.98. The number of amides is 1. The quantitative estimate of drug-likeness (QED) is 0.709. The average molecular weight is 381 g/mol. The van der Waals surface area contributed by atoms with Gasteiger partial charge in [-0.1, -0.05) is 26.0 Å². The highest BCUT2D eigenvalue weighted by atomic mass is 16.5. The van der Waals surface area contributed by atoms with Gasteiger partial charge in [-0.3, -0.25) is 9.59 Å². The van der Waals surface area contributed by atoms with Crippen LogP contribution in [0.3, 0.4) is 0 Å². The van der Waals surface area contributed by atoms with Crippen molar-refractivity contribution >= 4 is 22.4 Å². The highest BCUT2D eigenvalue weighted by Crippen LogP contribution is 2.32. The van der Waals surface area contributed by atoms with E-state index in [2.05, 4.69) is 24.3 Å². The molecule has 2 aromatic carbocycles. The first-order chi connectivity index (χ1) is 13.4. The maximum absolute atomic E-state index is 12.9. The number of nitrogens with one attached hydrogen (secondary N) is 1. The van der Waals surface area contributed by atoms with E-state index in [0.717, 1.165) is 4.68 Å². The minimum Gasteiger partial charge on any atom is -0.493 e. The van der Waals surface area contributed by atoms with E-state index in [9.17, 15) is 9.59 Å². The van der Waals surface area contributed by atoms with E-state index in [0.29, 0.717) is 33.9 Å². The summed E-state index contributed by atoms with van der Waals surface area (Å²) in [4.78, 5) is 25.3. The summed E-state index contributed by atoms with van der Waals surface area (Å²) in [5.41, 5.74) is 1.44. The molecule has 0 bridgehead atoms. The lowest BCUT2D eigenvalue weighted by atomic mass is 10.0. The third-order valence-electron chi connectivity index (χ3n) is 4.52. The topological polar surface area (TPSA) is 82.5 Å². The van der Waals surface area contributed by atoms with Crippen LogP contribution in [-0.2, 0) is 11.3 Å². The molecule has 0 aliphatic rings. The van der Waals surface area contributed by atoms with Crippen LogP contribution >= 0.6 is 0 Å². The van der Waals surface area contributed by atoms with E-state index in [-0.39, 0.29) is 12.5 Å². The molecule has 146 valence electrons. The molecule has 0 fully saturated rings. The van der Waals surface area contributed by atoms with Crippen molar-refractivity contribution < 1.29 is 14.3 Å². The predicted molar refractivity (Wildman–Crippen MR) is 108 cm³/mol. The van der Waals surface area contributed by atoms with Crippen molar-refractivity contribution in [3.8, 4) is 11.5 Å². The summed E-state index contributed by atoms with van der Waals surface area (Å²) in [6.45, 7) is 4.00. The number of benzene rings is 2. The van der Waals surface area contributed by atoms with Crippen molar-refractivity contribution in [2.45, 2.75) is 26.3 Å². The van der Waals surface area contributed by atoms with Gasteiger partial charge >= 0.3 is 0 Å². The highest BCUT2D eigenvalue weighted by Gasteiger charge is 2.16. The molecular formula is C21H23N3O4. The minimum atomic E-state index is -0.418. The monoisotopic (exact) mass is 381 g/mol. The Hall–Kier alpha value is -3.35. The van der Waals surface area contributed by atoms with Crippen LogP contribution in [0.25, 0.3) is 10.8 Å². The normalized spacial score (nSPS) is 10.9. The Morgan fingerprint density at radius 2 is 1.82 bits per heavy atom. The molecule has 3 aromatic rings. The molecule has 0 saturated carbocycles. The number of fused-ring (bicyclic) bond motifs is 1. The number of hydrogen-bond acceptors (Lipinski definition) is 5. The van der Waals surface area contributed by atoms with Crippen molar-refractivity contribution in [3.63, 3.8) is 0 Å². The van der Waals surface area contributed by atoms with Crippen molar-refractivity contribution in [1.29, 1.82) is 0 Å². The standard InChI is InChI=1S/C21H23N3O4/c1-13(2)14-5-8-16(9-6-14)23-18(25)12-24-21(26)19-15(11-22-24)7-10-17(27-3)20(19)28-4/h5-11,13H,12H2,1-4H3,(H,23,25). The van der Waals surface area contributed by atoms with E-state index in [1.165, 1.54) is 26.0 Å². The average Bonchev–Trinajstić information content (AvgIpc) is 2.69. The van der Waals surface area contributed by atoms with Gasteiger partial charge in [0.15, 0.2) is 11.5 Å². The molecule has 0 unspecified atom stereocenters. The van der Waals surface area contributed by atoms with Crippen molar-refractivity contribution in [3.05, 3.63) is 58.5 Å². The molecule has 28 heavy (non-hydrogen) atoms. The number of ether oxygens (including phenoxy) is 2. The van der Waals surface area contributed by atoms with Crippen molar-refractivity contribution in [1.82, 2.24) is 9.78 Å². The van der Waals surface area contributed by atoms with Gasteiger partial charge in [-0.2, -0.15) is 5.10 Å². The number of aromatic nitrogens is 2. The molecule has 7 heteroatoms. The summed E-state index contributed by atoms with van der Waals surface area (Å²) < 4.78 is 11.7. The second kappa shape index (κ2) is 8.12. The molecule has 1 aromatic heterocycles. The van der Waals surface area contributed by atoms with Gasteiger partial charge < -0.3 is 14.8 Å². The minimum absolute atomic E-state index is 0.207. The number of rotatable bonds is 6. The molecule has 0 atom stereocenters. The van der Waals surface area contributed by atoms with E-state index in [1.54, 1.807) is 12.1 Å². The van der Waals surface area contributed by atoms with Crippen LogP contribution in [-0.4, -0.2) is 29.9 Å². The largest absolute Gasteiger partial charge is 0.493 e.